The summed E-state index contributed by atoms with van der Waals surface area (Å²) in [5, 5.41) is 11.0. The van der Waals surface area contributed by atoms with E-state index in [-0.39, 0.29) is 0 Å². The van der Waals surface area contributed by atoms with Crippen LogP contribution < -0.4 is 11.2 Å². The van der Waals surface area contributed by atoms with Crippen molar-refractivity contribution < 1.29 is 51.4 Å². The first-order chi connectivity index (χ1) is 17.3. The maximum Gasteiger partial charge on any atom is 0.481 e. The van der Waals surface area contributed by atoms with Crippen LogP contribution in [0.25, 0.3) is 0 Å². The Morgan fingerprint density at radius 3 is 2.00 bits per heavy atom. The zero-order chi connectivity index (χ0) is 28.9. The highest BCUT2D eigenvalue weighted by Gasteiger charge is 2.88. The zero-order valence-electron chi connectivity index (χ0n) is 22.0. The quantitative estimate of drug-likeness (QED) is 0.250. The third-order valence-corrected chi connectivity index (χ3v) is 7.35. The summed E-state index contributed by atoms with van der Waals surface area (Å²) in [4.78, 5) is 49.4. The summed E-state index contributed by atoms with van der Waals surface area (Å²) in [5.74, 6) is -1.42. The number of halogens is 1. The number of aromatic nitrogens is 2. The van der Waals surface area contributed by atoms with Crippen LogP contribution in [-0.4, -0.2) is 63.7 Å². The molecule has 0 amide bonds. The number of phosphoric ester groups is 1. The molecule has 38 heavy (non-hydrogen) atoms. The minimum Gasteiger partial charge on any atom is -0.437 e. The molecule has 214 valence electrons. The number of carbonyl (C=O) groups is 2. The van der Waals surface area contributed by atoms with Gasteiger partial charge in [0.2, 0.25) is 13.6 Å². The Bertz CT molecular complexity index is 1210. The molecule has 2 aliphatic rings. The largest absolute Gasteiger partial charge is 0.481 e. The Balaban J connectivity index is 1.76. The van der Waals surface area contributed by atoms with Gasteiger partial charge in [-0.2, -0.15) is 0 Å². The van der Waals surface area contributed by atoms with Gasteiger partial charge in [-0.25, -0.2) is 22.8 Å². The number of fused-ring (bicyclic) bond motifs is 1. The Kier molecular flexibility index (Phi) is 7.89. The lowest BCUT2D eigenvalue weighted by atomic mass is 9.98. The van der Waals surface area contributed by atoms with E-state index in [4.69, 9.17) is 27.8 Å². The first-order valence-electron chi connectivity index (χ1n) is 11.5. The van der Waals surface area contributed by atoms with Gasteiger partial charge in [-0.1, -0.05) is 0 Å². The van der Waals surface area contributed by atoms with Crippen LogP contribution in [-0.2, 0) is 41.9 Å². The molecule has 0 aromatic carbocycles. The number of phosphoric acid groups is 1. The predicted octanol–water partition coefficient (Wildman–Crippen LogP) is 1.53. The molecular formula is C22H32FN2O12P. The van der Waals surface area contributed by atoms with E-state index in [2.05, 4.69) is 0 Å². The van der Waals surface area contributed by atoms with Crippen LogP contribution >= 0.6 is 7.82 Å². The second kappa shape index (κ2) is 9.96. The van der Waals surface area contributed by atoms with Gasteiger partial charge in [0.05, 0.1) is 10.8 Å². The van der Waals surface area contributed by atoms with E-state index >= 15 is 4.39 Å². The standard InChI is InChI=1S/C22H32FN2O12P/c1-19(2,3)16(27)32-10-34-38(31,35-11-33-17(28)20(4,5)6)37-15-21(7)22(15,30)13(23)14(36-21)25-9-8-12(26)24-18(25)29/h8-9,13-15,30H,10-11H2,1-7H3,(H,24,26,29)/t13-,14+,15?,21+,22+/m0/s1. The van der Waals surface area contributed by atoms with E-state index in [0.717, 1.165) is 16.8 Å². The number of esters is 2. The van der Waals surface area contributed by atoms with Gasteiger partial charge in [0, 0.05) is 12.3 Å². The molecule has 1 saturated carbocycles. The Morgan fingerprint density at radius 1 is 1.11 bits per heavy atom. The molecule has 0 spiro atoms. The van der Waals surface area contributed by atoms with Gasteiger partial charge in [-0.15, -0.1) is 0 Å². The number of H-pyrrole nitrogens is 1. The first-order valence-corrected chi connectivity index (χ1v) is 13.0. The van der Waals surface area contributed by atoms with E-state index < -0.39 is 85.1 Å². The SMILES string of the molecule is CC(C)(C)C(=O)OCOP(=O)(OCOC(=O)C(C)(C)C)OC1[C@@]2(C)O[C@@H](n3ccc(=O)[nH]c3=O)[C@H](F)[C@@]12O. The number of hydrogen-bond donors (Lipinski definition) is 2. The summed E-state index contributed by atoms with van der Waals surface area (Å²) in [7, 11) is -4.78. The number of aliphatic hydroxyl groups is 1. The molecule has 2 heterocycles. The molecule has 1 aliphatic carbocycles. The lowest BCUT2D eigenvalue weighted by molar-refractivity contribution is -0.164. The van der Waals surface area contributed by atoms with Crippen LogP contribution in [0.3, 0.4) is 0 Å². The summed E-state index contributed by atoms with van der Waals surface area (Å²) < 4.78 is 60.3. The topological polar surface area (TPSA) is 182 Å². The number of carbonyl (C=O) groups excluding carboxylic acids is 2. The van der Waals surface area contributed by atoms with E-state index in [1.807, 2.05) is 4.98 Å². The smallest absolute Gasteiger partial charge is 0.437 e. The van der Waals surface area contributed by atoms with Gasteiger partial charge < -0.3 is 19.3 Å². The number of aromatic amines is 1. The molecule has 3 rings (SSSR count). The highest BCUT2D eigenvalue weighted by atomic mass is 31.2. The van der Waals surface area contributed by atoms with Crippen LogP contribution in [0.4, 0.5) is 4.39 Å². The minimum atomic E-state index is -4.78. The molecule has 5 atom stereocenters. The van der Waals surface area contributed by atoms with Crippen molar-refractivity contribution in [3.8, 4) is 0 Å². The molecule has 0 radical (unpaired) electrons. The lowest BCUT2D eigenvalue weighted by Gasteiger charge is -2.25. The van der Waals surface area contributed by atoms with Gasteiger partial charge in [0.1, 0.15) is 11.7 Å². The van der Waals surface area contributed by atoms with E-state index in [1.54, 1.807) is 41.5 Å². The van der Waals surface area contributed by atoms with Crippen molar-refractivity contribution >= 4 is 19.8 Å². The fourth-order valence-corrected chi connectivity index (χ4v) is 4.80. The number of rotatable bonds is 9. The highest BCUT2D eigenvalue weighted by Crippen LogP contribution is 2.69. The van der Waals surface area contributed by atoms with E-state index in [1.165, 1.54) is 6.92 Å². The summed E-state index contributed by atoms with van der Waals surface area (Å²) >= 11 is 0. The third-order valence-electron chi connectivity index (χ3n) is 6.03. The molecule has 1 aliphatic heterocycles. The average Bonchev–Trinajstić information content (AvgIpc) is 3.13. The number of ether oxygens (including phenoxy) is 3. The molecular weight excluding hydrogens is 534 g/mol. The Hall–Kier alpha value is -2.42. The Morgan fingerprint density at radius 2 is 1.61 bits per heavy atom. The van der Waals surface area contributed by atoms with Crippen molar-refractivity contribution in [1.82, 2.24) is 9.55 Å². The van der Waals surface area contributed by atoms with E-state index in [9.17, 15) is 28.8 Å². The van der Waals surface area contributed by atoms with Crippen molar-refractivity contribution in [3.63, 3.8) is 0 Å². The Labute approximate surface area is 216 Å². The molecule has 2 N–H and O–H groups in total. The second-order valence-electron chi connectivity index (χ2n) is 11.2. The first kappa shape index (κ1) is 30.1. The molecule has 1 unspecified atom stereocenters. The summed E-state index contributed by atoms with van der Waals surface area (Å²) in [6.45, 7) is 8.84. The molecule has 14 nitrogen and oxygen atoms in total. The second-order valence-corrected chi connectivity index (χ2v) is 12.8. The summed E-state index contributed by atoms with van der Waals surface area (Å²) in [5.41, 5.74) is -7.78. The maximum absolute atomic E-state index is 15.4. The van der Waals surface area contributed by atoms with Crippen LogP contribution in [0.15, 0.2) is 21.9 Å². The molecule has 16 heteroatoms. The molecule has 0 bridgehead atoms. The van der Waals surface area contributed by atoms with Gasteiger partial charge in [-0.3, -0.25) is 28.5 Å². The molecule has 1 aromatic rings. The van der Waals surface area contributed by atoms with Gasteiger partial charge in [0.25, 0.3) is 5.56 Å². The van der Waals surface area contributed by atoms with Crippen LogP contribution in [0.5, 0.6) is 0 Å². The van der Waals surface area contributed by atoms with Crippen molar-refractivity contribution in [2.75, 3.05) is 13.6 Å². The third kappa shape index (κ3) is 5.63. The number of nitrogens with one attached hydrogen (secondary N) is 1. The summed E-state index contributed by atoms with van der Waals surface area (Å²) in [6, 6.07) is 0.968. The molecule has 1 aromatic heterocycles. The highest BCUT2D eigenvalue weighted by molar-refractivity contribution is 7.48. The van der Waals surface area contributed by atoms with Crippen LogP contribution in [0.1, 0.15) is 54.7 Å². The normalized spacial score (nSPS) is 29.0. The maximum atomic E-state index is 15.4. The fraction of sp³-hybridized carbons (Fsp3) is 0.727. The lowest BCUT2D eigenvalue weighted by Crippen LogP contribution is -2.40. The zero-order valence-corrected chi connectivity index (χ0v) is 22.9. The van der Waals surface area contributed by atoms with E-state index in [0.29, 0.717) is 0 Å². The van der Waals surface area contributed by atoms with Gasteiger partial charge in [0.15, 0.2) is 18.0 Å². The molecule has 1 saturated heterocycles. The van der Waals surface area contributed by atoms with Crippen molar-refractivity contribution in [2.24, 2.45) is 10.8 Å². The summed E-state index contributed by atoms with van der Waals surface area (Å²) in [6.07, 6.45) is -4.57. The van der Waals surface area contributed by atoms with Crippen molar-refractivity contribution in [2.45, 2.75) is 78.2 Å². The van der Waals surface area contributed by atoms with Crippen LogP contribution in [0, 0.1) is 10.8 Å². The minimum absolute atomic E-state index is 0.710. The van der Waals surface area contributed by atoms with Gasteiger partial charge >= 0.3 is 25.5 Å². The number of hydrogen-bond acceptors (Lipinski definition) is 12. The number of alkyl halides is 1. The predicted molar refractivity (Wildman–Crippen MR) is 125 cm³/mol. The van der Waals surface area contributed by atoms with Gasteiger partial charge in [-0.05, 0) is 48.5 Å². The number of nitrogens with zero attached hydrogens (tertiary/aromatic N) is 1. The fourth-order valence-electron chi connectivity index (χ4n) is 3.62. The monoisotopic (exact) mass is 566 g/mol. The van der Waals surface area contributed by atoms with Crippen molar-refractivity contribution in [3.05, 3.63) is 33.1 Å². The van der Waals surface area contributed by atoms with Crippen LogP contribution in [0.2, 0.25) is 0 Å². The average molecular weight is 566 g/mol. The van der Waals surface area contributed by atoms with Crippen molar-refractivity contribution in [1.29, 1.82) is 0 Å². The molecule has 2 fully saturated rings.